The van der Waals surface area contributed by atoms with Crippen molar-refractivity contribution in [2.75, 3.05) is 27.4 Å². The summed E-state index contributed by atoms with van der Waals surface area (Å²) in [4.78, 5) is 24.6. The molecule has 4 N–H and O–H groups in total. The van der Waals surface area contributed by atoms with Crippen molar-refractivity contribution >= 4 is 56.7 Å². The van der Waals surface area contributed by atoms with Crippen LogP contribution < -0.4 is 35.0 Å². The third-order valence-electron chi connectivity index (χ3n) is 6.69. The number of rotatable bonds is 14. The number of hydrogen-bond acceptors (Lipinski definition) is 10. The van der Waals surface area contributed by atoms with Gasteiger partial charge in [0, 0.05) is 19.3 Å². The number of urea groups is 1. The van der Waals surface area contributed by atoms with Crippen LogP contribution in [0, 0.1) is 3.57 Å². The van der Waals surface area contributed by atoms with Crippen LogP contribution in [-0.4, -0.2) is 57.0 Å². The number of allylic oxidation sites excluding steroid dienone is 1. The van der Waals surface area contributed by atoms with Gasteiger partial charge in [-0.1, -0.05) is 18.2 Å². The molecule has 2 atom stereocenters. The lowest BCUT2D eigenvalue weighted by molar-refractivity contribution is -0.136. The fourth-order valence-corrected chi connectivity index (χ4v) is 5.26. The predicted octanol–water partition coefficient (Wildman–Crippen LogP) is 5.16. The van der Waals surface area contributed by atoms with Crippen LogP contribution in [0.2, 0.25) is 0 Å². The molecule has 1 aliphatic heterocycles. The number of carbonyl (C=O) groups excluding carboxylic acids is 2. The lowest BCUT2D eigenvalue weighted by atomic mass is 9.95. The van der Waals surface area contributed by atoms with Gasteiger partial charge in [0.25, 0.3) is 0 Å². The van der Waals surface area contributed by atoms with E-state index in [-0.39, 0.29) is 12.2 Å². The van der Waals surface area contributed by atoms with Gasteiger partial charge in [-0.05, 0) is 99.9 Å². The van der Waals surface area contributed by atoms with E-state index in [0.29, 0.717) is 57.5 Å². The fourth-order valence-electron chi connectivity index (χ4n) is 4.48. The molecule has 0 saturated carbocycles. The summed E-state index contributed by atoms with van der Waals surface area (Å²) in [6, 6.07) is 15.4. The Hall–Kier alpha value is -4.02. The fraction of sp³-hybridized carbons (Fsp3) is 0.281. The van der Waals surface area contributed by atoms with Gasteiger partial charge in [0.1, 0.15) is 13.2 Å². The van der Waals surface area contributed by atoms with Crippen LogP contribution in [0.25, 0.3) is 0 Å². The van der Waals surface area contributed by atoms with Crippen molar-refractivity contribution in [1.29, 1.82) is 0 Å². The molecule has 0 aromatic heterocycles. The van der Waals surface area contributed by atoms with Gasteiger partial charge in [-0.2, -0.15) is 5.10 Å². The van der Waals surface area contributed by atoms with Crippen LogP contribution in [0.15, 0.2) is 75.4 Å². The van der Waals surface area contributed by atoms with Crippen molar-refractivity contribution < 1.29 is 38.4 Å². The van der Waals surface area contributed by atoms with Crippen molar-refractivity contribution in [3.8, 4) is 23.0 Å². The molecule has 14 heteroatoms. The highest BCUT2D eigenvalue weighted by molar-refractivity contribution is 14.1. The monoisotopic (exact) mass is 808 g/mol. The van der Waals surface area contributed by atoms with Crippen molar-refractivity contribution in [2.24, 2.45) is 5.10 Å². The number of nitrogens with zero attached hydrogens (tertiary/aromatic N) is 1. The SMILES string of the molecule is CCOc1cc([C@H]2NC(=O)NC(C)=C2C(=O)OC)ccc1OC[C@H](O)N/N=C\c1cc(OC)c(OCc2ccc(I)cc2)cc1Br. The highest BCUT2D eigenvalue weighted by Crippen LogP contribution is 2.35. The van der Waals surface area contributed by atoms with Gasteiger partial charge in [-0.3, -0.25) is 5.43 Å². The first-order valence-electron chi connectivity index (χ1n) is 14.1. The maximum absolute atomic E-state index is 12.5. The van der Waals surface area contributed by atoms with E-state index in [1.807, 2.05) is 31.2 Å². The highest BCUT2D eigenvalue weighted by Gasteiger charge is 2.32. The standard InChI is InChI=1S/C32H34BrIN4O8/c1-5-44-26-12-20(30-29(31(40)43-4)18(2)36-32(41)37-30)8-11-24(26)46-17-28(39)38-35-15-21-13-25(42-3)27(14-23(21)33)45-16-19-6-9-22(34)10-7-19/h6-15,28,30,38-39H,5,16-17H2,1-4H3,(H2,36,37,41)/b35-15-/t28-,30+/m0/s1. The Bertz CT molecular complexity index is 1620. The highest BCUT2D eigenvalue weighted by atomic mass is 127. The van der Waals surface area contributed by atoms with Gasteiger partial charge in [-0.25, -0.2) is 9.59 Å². The summed E-state index contributed by atoms with van der Waals surface area (Å²) >= 11 is 5.80. The van der Waals surface area contributed by atoms with E-state index in [4.69, 9.17) is 23.7 Å². The molecule has 3 aromatic carbocycles. The Labute approximate surface area is 288 Å². The summed E-state index contributed by atoms with van der Waals surface area (Å²) < 4.78 is 29.9. The van der Waals surface area contributed by atoms with E-state index in [1.54, 1.807) is 44.4 Å². The predicted molar refractivity (Wildman–Crippen MR) is 183 cm³/mol. The molecule has 46 heavy (non-hydrogen) atoms. The van der Waals surface area contributed by atoms with Crippen LogP contribution in [-0.2, 0) is 16.1 Å². The number of nitrogens with one attached hydrogen (secondary N) is 3. The van der Waals surface area contributed by atoms with Crippen LogP contribution in [0.5, 0.6) is 23.0 Å². The molecule has 0 aliphatic carbocycles. The van der Waals surface area contributed by atoms with Gasteiger partial charge in [0.05, 0.1) is 38.7 Å². The molecule has 12 nitrogen and oxygen atoms in total. The Morgan fingerprint density at radius 3 is 2.50 bits per heavy atom. The summed E-state index contributed by atoms with van der Waals surface area (Å²) in [5, 5.41) is 20.0. The van der Waals surface area contributed by atoms with E-state index < -0.39 is 24.3 Å². The van der Waals surface area contributed by atoms with E-state index in [9.17, 15) is 14.7 Å². The van der Waals surface area contributed by atoms with E-state index in [1.165, 1.54) is 13.3 Å². The Morgan fingerprint density at radius 2 is 1.80 bits per heavy atom. The van der Waals surface area contributed by atoms with Gasteiger partial charge < -0.3 is 39.4 Å². The molecule has 244 valence electrons. The smallest absolute Gasteiger partial charge is 0.337 e. The zero-order chi connectivity index (χ0) is 33.2. The van der Waals surface area contributed by atoms with Gasteiger partial charge >= 0.3 is 12.0 Å². The number of methoxy groups -OCH3 is 2. The molecule has 0 spiro atoms. The van der Waals surface area contributed by atoms with Gasteiger partial charge in [0.15, 0.2) is 29.2 Å². The first-order chi connectivity index (χ1) is 22.1. The third-order valence-corrected chi connectivity index (χ3v) is 8.10. The van der Waals surface area contributed by atoms with Crippen molar-refractivity contribution in [1.82, 2.24) is 16.1 Å². The minimum absolute atomic E-state index is 0.164. The average molecular weight is 809 g/mol. The lowest BCUT2D eigenvalue weighted by Gasteiger charge is -2.28. The van der Waals surface area contributed by atoms with Gasteiger partial charge in [0.2, 0.25) is 0 Å². The van der Waals surface area contributed by atoms with Crippen LogP contribution in [0.1, 0.15) is 36.6 Å². The summed E-state index contributed by atoms with van der Waals surface area (Å²) in [6.45, 7) is 3.99. The first-order valence-corrected chi connectivity index (χ1v) is 16.0. The second-order valence-corrected chi connectivity index (χ2v) is 12.0. The zero-order valence-corrected chi connectivity index (χ0v) is 29.3. The molecular weight excluding hydrogens is 775 g/mol. The minimum Gasteiger partial charge on any atom is -0.493 e. The normalized spacial score (nSPS) is 15.1. The molecule has 4 rings (SSSR count). The maximum Gasteiger partial charge on any atom is 0.337 e. The average Bonchev–Trinajstić information content (AvgIpc) is 3.04. The Morgan fingerprint density at radius 1 is 1.07 bits per heavy atom. The number of carbonyl (C=O) groups is 2. The number of esters is 1. The van der Waals surface area contributed by atoms with Crippen LogP contribution in [0.3, 0.4) is 0 Å². The molecule has 2 amide bonds. The van der Waals surface area contributed by atoms with Crippen molar-refractivity contribution in [3.63, 3.8) is 0 Å². The lowest BCUT2D eigenvalue weighted by Crippen LogP contribution is -2.45. The number of benzene rings is 3. The summed E-state index contributed by atoms with van der Waals surface area (Å²) in [5.41, 5.74) is 5.60. The maximum atomic E-state index is 12.5. The third kappa shape index (κ3) is 9.04. The van der Waals surface area contributed by atoms with Crippen molar-refractivity contribution in [3.05, 3.63) is 90.6 Å². The minimum atomic E-state index is -1.16. The quantitative estimate of drug-likeness (QED) is 0.0570. The number of ether oxygens (including phenoxy) is 5. The second-order valence-electron chi connectivity index (χ2n) is 9.85. The van der Waals surface area contributed by atoms with E-state index >= 15 is 0 Å². The number of aliphatic hydroxyl groups is 1. The molecule has 0 saturated heterocycles. The molecule has 0 fully saturated rings. The molecule has 0 bridgehead atoms. The number of halogens is 2. The molecule has 3 aromatic rings. The molecule has 1 heterocycles. The number of amides is 2. The topological polar surface area (TPSA) is 149 Å². The van der Waals surface area contributed by atoms with Gasteiger partial charge in [-0.15, -0.1) is 0 Å². The molecule has 0 radical (unpaired) electrons. The Kier molecular flexibility index (Phi) is 12.5. The van der Waals surface area contributed by atoms with E-state index in [0.717, 1.165) is 9.13 Å². The zero-order valence-electron chi connectivity index (χ0n) is 25.6. The summed E-state index contributed by atoms with van der Waals surface area (Å²) in [7, 11) is 2.83. The number of aliphatic hydroxyl groups excluding tert-OH is 1. The number of hydrogen-bond donors (Lipinski definition) is 4. The summed E-state index contributed by atoms with van der Waals surface area (Å²) in [6.07, 6.45) is 0.365. The molecular formula is C32H34BrIN4O8. The van der Waals surface area contributed by atoms with Crippen LogP contribution in [0.4, 0.5) is 4.79 Å². The molecule has 1 aliphatic rings. The molecule has 0 unspecified atom stereocenters. The largest absolute Gasteiger partial charge is 0.493 e. The number of hydrazone groups is 1. The Balaban J connectivity index is 1.39. The first kappa shape index (κ1) is 34.8. The van der Waals surface area contributed by atoms with E-state index in [2.05, 4.69) is 59.7 Å². The summed E-state index contributed by atoms with van der Waals surface area (Å²) in [5.74, 6) is 1.24. The van der Waals surface area contributed by atoms with Crippen LogP contribution >= 0.6 is 38.5 Å². The second kappa shape index (κ2) is 16.5. The van der Waals surface area contributed by atoms with Crippen molar-refractivity contribution in [2.45, 2.75) is 32.7 Å².